The third-order valence-electron chi connectivity index (χ3n) is 2.73. The van der Waals surface area contributed by atoms with Gasteiger partial charge in [-0.15, -0.1) is 0 Å². The number of nitrogens with one attached hydrogen (secondary N) is 2. The highest BCUT2D eigenvalue weighted by molar-refractivity contribution is 5.48. The van der Waals surface area contributed by atoms with E-state index in [4.69, 9.17) is 4.74 Å². The summed E-state index contributed by atoms with van der Waals surface area (Å²) in [6.45, 7) is 1.12. The summed E-state index contributed by atoms with van der Waals surface area (Å²) in [4.78, 5) is 15.4. The van der Waals surface area contributed by atoms with E-state index in [1.165, 1.54) is 10.7 Å². The lowest BCUT2D eigenvalue weighted by Crippen LogP contribution is -2.14. The van der Waals surface area contributed by atoms with Gasteiger partial charge in [-0.2, -0.15) is 5.10 Å². The molecule has 2 N–H and O–H groups in total. The van der Waals surface area contributed by atoms with Gasteiger partial charge in [-0.1, -0.05) is 18.2 Å². The average Bonchev–Trinajstić information content (AvgIpc) is 2.86. The minimum Gasteiger partial charge on any atom is -0.492 e. The number of aromatic amines is 1. The van der Waals surface area contributed by atoms with Gasteiger partial charge in [0.25, 0.3) is 0 Å². The highest BCUT2D eigenvalue weighted by Crippen LogP contribution is 2.08. The Balaban J connectivity index is 1.56. The molecule has 0 aliphatic heterocycles. The van der Waals surface area contributed by atoms with Crippen molar-refractivity contribution >= 4 is 11.5 Å². The van der Waals surface area contributed by atoms with Gasteiger partial charge in [0.1, 0.15) is 24.5 Å². The molecule has 0 atom stereocenters. The third kappa shape index (κ3) is 2.61. The molecule has 0 saturated carbocycles. The Kier molecular flexibility index (Phi) is 3.32. The summed E-state index contributed by atoms with van der Waals surface area (Å²) >= 11 is 0. The van der Waals surface area contributed by atoms with Crippen molar-refractivity contribution in [2.45, 2.75) is 0 Å². The summed E-state index contributed by atoms with van der Waals surface area (Å²) in [5.41, 5.74) is 0.225. The largest absolute Gasteiger partial charge is 0.492 e. The number of fused-ring (bicyclic) bond motifs is 1. The van der Waals surface area contributed by atoms with Crippen LogP contribution in [0.15, 0.2) is 47.5 Å². The molecule has 0 radical (unpaired) electrons. The molecule has 0 aliphatic carbocycles. The van der Waals surface area contributed by atoms with Crippen molar-refractivity contribution in [1.82, 2.24) is 19.6 Å². The lowest BCUT2D eigenvalue weighted by atomic mass is 10.3. The number of benzene rings is 1. The number of hydrogen-bond donors (Lipinski definition) is 2. The maximum atomic E-state index is 11.3. The molecule has 0 bridgehead atoms. The van der Waals surface area contributed by atoms with Gasteiger partial charge in [0.2, 0.25) is 0 Å². The van der Waals surface area contributed by atoms with E-state index in [0.717, 1.165) is 5.75 Å². The Morgan fingerprint density at radius 1 is 1.30 bits per heavy atom. The summed E-state index contributed by atoms with van der Waals surface area (Å²) in [5.74, 6) is 1.48. The molecule has 0 saturated heterocycles. The Morgan fingerprint density at radius 3 is 3.00 bits per heavy atom. The number of ether oxygens (including phenoxy) is 1. The first kappa shape index (κ1) is 12.2. The van der Waals surface area contributed by atoms with Crippen LogP contribution >= 0.6 is 0 Å². The van der Waals surface area contributed by atoms with Crippen LogP contribution < -0.4 is 15.7 Å². The molecule has 3 aromatic rings. The van der Waals surface area contributed by atoms with Crippen LogP contribution in [0, 0.1) is 0 Å². The number of aromatic nitrogens is 4. The van der Waals surface area contributed by atoms with E-state index in [1.54, 1.807) is 6.07 Å². The van der Waals surface area contributed by atoms with Crippen molar-refractivity contribution in [2.24, 2.45) is 0 Å². The van der Waals surface area contributed by atoms with Gasteiger partial charge in [0.05, 0.1) is 6.54 Å². The molecule has 0 fully saturated rings. The van der Waals surface area contributed by atoms with Crippen LogP contribution in [0.25, 0.3) is 5.65 Å². The highest BCUT2D eigenvalue weighted by atomic mass is 16.5. The summed E-state index contributed by atoms with van der Waals surface area (Å²) in [7, 11) is 0. The zero-order valence-corrected chi connectivity index (χ0v) is 10.6. The molecule has 0 aliphatic rings. The monoisotopic (exact) mass is 271 g/mol. The summed E-state index contributed by atoms with van der Waals surface area (Å²) in [6, 6.07) is 11.3. The van der Waals surface area contributed by atoms with Gasteiger partial charge in [-0.05, 0) is 12.1 Å². The molecule has 2 heterocycles. The fraction of sp³-hybridized carbons (Fsp3) is 0.154. The number of H-pyrrole nitrogens is 1. The molecule has 0 amide bonds. The van der Waals surface area contributed by atoms with E-state index in [2.05, 4.69) is 20.5 Å². The standard InChI is InChI=1S/C13H13N5O2/c19-13-17-16-12-8-11(15-9-18(12)13)14-6-7-20-10-4-2-1-3-5-10/h1-5,8-9,14H,6-7H2,(H,17,19). The van der Waals surface area contributed by atoms with Crippen LogP contribution in [-0.4, -0.2) is 32.7 Å². The number of rotatable bonds is 5. The van der Waals surface area contributed by atoms with Crippen LogP contribution in [0.2, 0.25) is 0 Å². The highest BCUT2D eigenvalue weighted by Gasteiger charge is 2.01. The fourth-order valence-corrected chi connectivity index (χ4v) is 1.77. The second-order valence-corrected chi connectivity index (χ2v) is 4.12. The molecule has 7 nitrogen and oxygen atoms in total. The van der Waals surface area contributed by atoms with Crippen molar-refractivity contribution in [1.29, 1.82) is 0 Å². The molecule has 2 aromatic heterocycles. The molecule has 1 aromatic carbocycles. The van der Waals surface area contributed by atoms with Gasteiger partial charge in [-0.3, -0.25) is 0 Å². The van der Waals surface area contributed by atoms with E-state index >= 15 is 0 Å². The molecule has 0 spiro atoms. The minimum absolute atomic E-state index is 0.300. The van der Waals surface area contributed by atoms with Crippen LogP contribution in [0.5, 0.6) is 5.75 Å². The van der Waals surface area contributed by atoms with Gasteiger partial charge < -0.3 is 10.1 Å². The molecule has 7 heteroatoms. The smallest absolute Gasteiger partial charge is 0.348 e. The van der Waals surface area contributed by atoms with E-state index in [-0.39, 0.29) is 5.69 Å². The molecule has 3 rings (SSSR count). The third-order valence-corrected chi connectivity index (χ3v) is 2.73. The average molecular weight is 271 g/mol. The number of para-hydroxylation sites is 1. The Hall–Kier alpha value is -2.83. The van der Waals surface area contributed by atoms with Crippen molar-refractivity contribution in [3.63, 3.8) is 0 Å². The Bertz CT molecular complexity index is 750. The number of anilines is 1. The summed E-state index contributed by atoms with van der Waals surface area (Å²) in [5, 5.41) is 9.34. The zero-order chi connectivity index (χ0) is 13.8. The quantitative estimate of drug-likeness (QED) is 0.674. The zero-order valence-electron chi connectivity index (χ0n) is 10.6. The summed E-state index contributed by atoms with van der Waals surface area (Å²) in [6.07, 6.45) is 1.43. The summed E-state index contributed by atoms with van der Waals surface area (Å²) < 4.78 is 6.89. The molecular formula is C13H13N5O2. The predicted molar refractivity (Wildman–Crippen MR) is 74.0 cm³/mol. The van der Waals surface area contributed by atoms with E-state index in [9.17, 15) is 4.79 Å². The topological polar surface area (TPSA) is 84.3 Å². The maximum absolute atomic E-state index is 11.3. The molecule has 0 unspecified atom stereocenters. The van der Waals surface area contributed by atoms with Gasteiger partial charge in [0.15, 0.2) is 5.65 Å². The normalized spacial score (nSPS) is 10.6. The van der Waals surface area contributed by atoms with Crippen molar-refractivity contribution in [2.75, 3.05) is 18.5 Å². The van der Waals surface area contributed by atoms with Crippen LogP contribution in [0.4, 0.5) is 5.82 Å². The van der Waals surface area contributed by atoms with E-state index in [1.807, 2.05) is 30.3 Å². The second kappa shape index (κ2) is 5.43. The van der Waals surface area contributed by atoms with Crippen LogP contribution in [0.3, 0.4) is 0 Å². The van der Waals surface area contributed by atoms with Crippen molar-refractivity contribution < 1.29 is 4.74 Å². The first-order valence-corrected chi connectivity index (χ1v) is 6.17. The van der Waals surface area contributed by atoms with Crippen molar-refractivity contribution in [3.8, 4) is 5.75 Å². The minimum atomic E-state index is -0.300. The maximum Gasteiger partial charge on any atom is 0.348 e. The first-order chi connectivity index (χ1) is 9.83. The lowest BCUT2D eigenvalue weighted by molar-refractivity contribution is 0.333. The van der Waals surface area contributed by atoms with E-state index in [0.29, 0.717) is 24.6 Å². The lowest BCUT2D eigenvalue weighted by Gasteiger charge is -2.07. The van der Waals surface area contributed by atoms with Gasteiger partial charge in [-0.25, -0.2) is 19.3 Å². The van der Waals surface area contributed by atoms with Crippen molar-refractivity contribution in [3.05, 3.63) is 53.2 Å². The van der Waals surface area contributed by atoms with E-state index < -0.39 is 0 Å². The van der Waals surface area contributed by atoms with Crippen LogP contribution in [0.1, 0.15) is 0 Å². The first-order valence-electron chi connectivity index (χ1n) is 6.17. The van der Waals surface area contributed by atoms with Gasteiger partial charge >= 0.3 is 5.69 Å². The number of hydrogen-bond acceptors (Lipinski definition) is 5. The molecule has 20 heavy (non-hydrogen) atoms. The van der Waals surface area contributed by atoms with Crippen LogP contribution in [-0.2, 0) is 0 Å². The second-order valence-electron chi connectivity index (χ2n) is 4.12. The fourth-order valence-electron chi connectivity index (χ4n) is 1.77. The Labute approximate surface area is 114 Å². The van der Waals surface area contributed by atoms with Gasteiger partial charge in [0, 0.05) is 6.07 Å². The molecular weight excluding hydrogens is 258 g/mol. The molecule has 102 valence electrons. The SMILES string of the molecule is O=c1[nH]nc2cc(NCCOc3ccccc3)ncn12. The number of nitrogens with zero attached hydrogens (tertiary/aromatic N) is 3. The predicted octanol–water partition coefficient (Wildman–Crippen LogP) is 0.908. The Morgan fingerprint density at radius 2 is 2.15 bits per heavy atom.